The van der Waals surface area contributed by atoms with Gasteiger partial charge in [0.05, 0.1) is 5.57 Å². The molecule has 0 aliphatic carbocycles. The minimum absolute atomic E-state index is 0.0521. The molecule has 1 aliphatic rings. The van der Waals surface area contributed by atoms with Gasteiger partial charge in [-0.1, -0.05) is 48.5 Å². The largest absolute Gasteiger partial charge is 0.489 e. The highest BCUT2D eigenvalue weighted by Crippen LogP contribution is 2.37. The highest BCUT2D eigenvalue weighted by molar-refractivity contribution is 6.05. The molecule has 3 N–H and O–H groups in total. The monoisotopic (exact) mass is 496 g/mol. The molecular formula is C28H28N6O3. The fourth-order valence-electron chi connectivity index (χ4n) is 4.28. The standard InChI is InChI=1S/C28H28N6O3/c1-19-25(27(36)31-23-13-5-6-15-29-23)26(34-28(30-19)32-24(33-34)14-8-16-35)21-11-7-12-22(17-21)37-18-20-9-3-2-4-10-20/h2-7,9-13,15,17,26,35H,8,14,16,18H2,1H3,(H,29,31,36)(H,30,32,33). The SMILES string of the molecule is CC1=C(C(=O)Nc2ccccn2)C(c2cccc(OCc3ccccc3)c2)n2nc(CCCO)nc2N1. The molecule has 2 aromatic heterocycles. The van der Waals surface area contributed by atoms with Crippen LogP contribution in [0.5, 0.6) is 5.75 Å². The number of benzene rings is 2. The van der Waals surface area contributed by atoms with Crippen molar-refractivity contribution in [1.29, 1.82) is 0 Å². The number of anilines is 2. The third kappa shape index (κ3) is 5.52. The van der Waals surface area contributed by atoms with Crippen LogP contribution < -0.4 is 15.4 Å². The number of aromatic nitrogens is 4. The molecule has 2 aromatic carbocycles. The molecule has 0 saturated heterocycles. The van der Waals surface area contributed by atoms with Gasteiger partial charge >= 0.3 is 0 Å². The Labute approximate surface area is 214 Å². The number of nitrogens with zero attached hydrogens (tertiary/aromatic N) is 4. The van der Waals surface area contributed by atoms with Crippen LogP contribution in [0.4, 0.5) is 11.8 Å². The van der Waals surface area contributed by atoms with Crippen LogP contribution in [0.3, 0.4) is 0 Å². The highest BCUT2D eigenvalue weighted by atomic mass is 16.5. The number of amides is 1. The number of rotatable bonds is 9. The fraction of sp³-hybridized carbons (Fsp3) is 0.214. The first-order valence-electron chi connectivity index (χ1n) is 12.2. The van der Waals surface area contributed by atoms with E-state index in [4.69, 9.17) is 9.84 Å². The van der Waals surface area contributed by atoms with E-state index in [0.717, 1.165) is 11.1 Å². The average Bonchev–Trinajstić information content (AvgIpc) is 3.33. The van der Waals surface area contributed by atoms with Crippen molar-refractivity contribution in [2.75, 3.05) is 17.2 Å². The van der Waals surface area contributed by atoms with Crippen LogP contribution >= 0.6 is 0 Å². The molecule has 9 heteroatoms. The second-order valence-corrected chi connectivity index (χ2v) is 8.71. The van der Waals surface area contributed by atoms with E-state index in [1.807, 2.05) is 67.6 Å². The van der Waals surface area contributed by atoms with Gasteiger partial charge in [0, 0.05) is 24.9 Å². The fourth-order valence-corrected chi connectivity index (χ4v) is 4.28. The van der Waals surface area contributed by atoms with Crippen LogP contribution in [0.1, 0.15) is 36.3 Å². The zero-order valence-corrected chi connectivity index (χ0v) is 20.5. The van der Waals surface area contributed by atoms with Crippen LogP contribution in [0.2, 0.25) is 0 Å². The number of hydrogen-bond acceptors (Lipinski definition) is 7. The molecule has 188 valence electrons. The second kappa shape index (κ2) is 11.0. The minimum atomic E-state index is -0.546. The van der Waals surface area contributed by atoms with Gasteiger partial charge in [0.1, 0.15) is 24.2 Å². The van der Waals surface area contributed by atoms with E-state index >= 15 is 0 Å². The van der Waals surface area contributed by atoms with E-state index in [9.17, 15) is 9.90 Å². The van der Waals surface area contributed by atoms with Crippen molar-refractivity contribution in [3.05, 3.63) is 107 Å². The summed E-state index contributed by atoms with van der Waals surface area (Å²) in [5, 5.41) is 20.1. The van der Waals surface area contributed by atoms with Crippen LogP contribution in [0, 0.1) is 0 Å². The third-order valence-corrected chi connectivity index (χ3v) is 6.03. The number of fused-ring (bicyclic) bond motifs is 1. The van der Waals surface area contributed by atoms with Crippen LogP contribution in [0.25, 0.3) is 0 Å². The molecule has 0 saturated carbocycles. The summed E-state index contributed by atoms with van der Waals surface area (Å²) in [4.78, 5) is 22.4. The number of aliphatic hydroxyl groups is 1. The number of allylic oxidation sites excluding steroid dienone is 1. The molecule has 1 unspecified atom stereocenters. The van der Waals surface area contributed by atoms with E-state index in [2.05, 4.69) is 20.6 Å². The van der Waals surface area contributed by atoms with Gasteiger partial charge in [-0.05, 0) is 48.7 Å². The van der Waals surface area contributed by atoms with E-state index in [0.29, 0.717) is 54.1 Å². The Hall–Kier alpha value is -4.50. The molecule has 5 rings (SSSR count). The molecule has 9 nitrogen and oxygen atoms in total. The van der Waals surface area contributed by atoms with Gasteiger partial charge in [-0.2, -0.15) is 10.1 Å². The topological polar surface area (TPSA) is 114 Å². The first kappa shape index (κ1) is 24.2. The Morgan fingerprint density at radius 2 is 1.95 bits per heavy atom. The zero-order chi connectivity index (χ0) is 25.6. The number of pyridine rings is 1. The van der Waals surface area contributed by atoms with Gasteiger partial charge < -0.3 is 20.5 Å². The van der Waals surface area contributed by atoms with Gasteiger partial charge in [0.15, 0.2) is 5.82 Å². The molecular weight excluding hydrogens is 468 g/mol. The average molecular weight is 497 g/mol. The van der Waals surface area contributed by atoms with Crippen LogP contribution in [0.15, 0.2) is 90.3 Å². The summed E-state index contributed by atoms with van der Waals surface area (Å²) < 4.78 is 7.80. The molecule has 0 bridgehead atoms. The Morgan fingerprint density at radius 3 is 2.73 bits per heavy atom. The van der Waals surface area contributed by atoms with Gasteiger partial charge in [-0.15, -0.1) is 0 Å². The first-order valence-corrected chi connectivity index (χ1v) is 12.2. The maximum Gasteiger partial charge on any atom is 0.257 e. The lowest BCUT2D eigenvalue weighted by Gasteiger charge is -2.28. The van der Waals surface area contributed by atoms with Crippen molar-refractivity contribution in [2.45, 2.75) is 32.4 Å². The summed E-state index contributed by atoms with van der Waals surface area (Å²) in [5.41, 5.74) is 3.06. The van der Waals surface area contributed by atoms with Crippen molar-refractivity contribution >= 4 is 17.7 Å². The number of nitrogens with one attached hydrogen (secondary N) is 2. The lowest BCUT2D eigenvalue weighted by Crippen LogP contribution is -2.31. The van der Waals surface area contributed by atoms with Crippen molar-refractivity contribution in [3.8, 4) is 5.75 Å². The number of aryl methyl sites for hydroxylation is 1. The van der Waals surface area contributed by atoms with Gasteiger partial charge in [0.2, 0.25) is 5.95 Å². The Bertz CT molecular complexity index is 1400. The van der Waals surface area contributed by atoms with E-state index < -0.39 is 6.04 Å². The maximum atomic E-state index is 13.6. The Balaban J connectivity index is 1.50. The van der Waals surface area contributed by atoms with Crippen LogP contribution in [-0.4, -0.2) is 37.4 Å². The zero-order valence-electron chi connectivity index (χ0n) is 20.5. The molecule has 1 amide bonds. The molecule has 37 heavy (non-hydrogen) atoms. The smallest absolute Gasteiger partial charge is 0.257 e. The lowest BCUT2D eigenvalue weighted by molar-refractivity contribution is -0.113. The van der Waals surface area contributed by atoms with Crippen molar-refractivity contribution < 1.29 is 14.6 Å². The van der Waals surface area contributed by atoms with E-state index in [1.54, 1.807) is 23.0 Å². The van der Waals surface area contributed by atoms with Gasteiger partial charge in [-0.3, -0.25) is 4.79 Å². The van der Waals surface area contributed by atoms with Gasteiger partial charge in [-0.25, -0.2) is 9.67 Å². The number of ether oxygens (including phenoxy) is 1. The Kier molecular flexibility index (Phi) is 7.23. The highest BCUT2D eigenvalue weighted by Gasteiger charge is 2.34. The van der Waals surface area contributed by atoms with Crippen molar-refractivity contribution in [3.63, 3.8) is 0 Å². The normalized spacial score (nSPS) is 14.6. The van der Waals surface area contributed by atoms with E-state index in [1.165, 1.54) is 0 Å². The summed E-state index contributed by atoms with van der Waals surface area (Å²) in [7, 11) is 0. The second-order valence-electron chi connectivity index (χ2n) is 8.71. The molecule has 3 heterocycles. The third-order valence-electron chi connectivity index (χ3n) is 6.03. The number of hydrogen-bond donors (Lipinski definition) is 3. The van der Waals surface area contributed by atoms with Crippen molar-refractivity contribution in [2.24, 2.45) is 0 Å². The lowest BCUT2D eigenvalue weighted by atomic mass is 9.95. The molecule has 1 atom stereocenters. The predicted octanol–water partition coefficient (Wildman–Crippen LogP) is 4.10. The first-order chi connectivity index (χ1) is 18.1. The molecule has 1 aliphatic heterocycles. The summed E-state index contributed by atoms with van der Waals surface area (Å²) >= 11 is 0. The quantitative estimate of drug-likeness (QED) is 0.320. The van der Waals surface area contributed by atoms with Crippen molar-refractivity contribution in [1.82, 2.24) is 19.7 Å². The number of carbonyl (C=O) groups excluding carboxylic acids is 1. The predicted molar refractivity (Wildman–Crippen MR) is 140 cm³/mol. The molecule has 0 fully saturated rings. The summed E-state index contributed by atoms with van der Waals surface area (Å²) in [6, 6.07) is 22.4. The van der Waals surface area contributed by atoms with Crippen LogP contribution in [-0.2, 0) is 17.8 Å². The summed E-state index contributed by atoms with van der Waals surface area (Å²) in [5.74, 6) is 1.99. The summed E-state index contributed by atoms with van der Waals surface area (Å²) in [6.07, 6.45) is 2.71. The van der Waals surface area contributed by atoms with E-state index in [-0.39, 0.29) is 12.5 Å². The maximum absolute atomic E-state index is 13.6. The Morgan fingerprint density at radius 1 is 1.11 bits per heavy atom. The molecule has 4 aromatic rings. The number of carbonyl (C=O) groups is 1. The summed E-state index contributed by atoms with van der Waals surface area (Å²) in [6.45, 7) is 2.33. The number of aliphatic hydroxyl groups excluding tert-OH is 1. The van der Waals surface area contributed by atoms with Gasteiger partial charge in [0.25, 0.3) is 5.91 Å². The molecule has 0 spiro atoms. The minimum Gasteiger partial charge on any atom is -0.489 e. The molecule has 0 radical (unpaired) electrons.